The van der Waals surface area contributed by atoms with Gasteiger partial charge in [0, 0.05) is 30.4 Å². The van der Waals surface area contributed by atoms with Gasteiger partial charge in [-0.15, -0.1) is 0 Å². The molecule has 206 valence electrons. The number of amides is 1. The number of ether oxygens (including phenoxy) is 4. The molecule has 0 spiro atoms. The van der Waals surface area contributed by atoms with E-state index >= 15 is 0 Å². The van der Waals surface area contributed by atoms with Crippen LogP contribution >= 0.6 is 0 Å². The van der Waals surface area contributed by atoms with Crippen LogP contribution < -0.4 is 14.8 Å². The van der Waals surface area contributed by atoms with E-state index in [0.29, 0.717) is 11.6 Å². The predicted molar refractivity (Wildman–Crippen MR) is 147 cm³/mol. The Balaban J connectivity index is 1.31. The second kappa shape index (κ2) is 11.4. The molecule has 0 saturated heterocycles. The lowest BCUT2D eigenvalue weighted by Crippen LogP contribution is -2.50. The van der Waals surface area contributed by atoms with Gasteiger partial charge in [-0.25, -0.2) is 14.6 Å². The standard InChI is InChI=1S/C31H36N2O6/c1-30(2,3)39-29(35)32-22-18-25(19-22)37-23-14-10-20(11-15-23)31(4,5)21-12-16-24(17-13-21)38-27-9-7-8-26(33-27)28(34)36-6/h7-17,22,25H,18-19H2,1-6H3,(H,32,35). The van der Waals surface area contributed by atoms with Crippen molar-refractivity contribution in [3.8, 4) is 17.4 Å². The van der Waals surface area contributed by atoms with Gasteiger partial charge in [0.15, 0.2) is 5.69 Å². The van der Waals surface area contributed by atoms with Gasteiger partial charge in [0.2, 0.25) is 5.88 Å². The van der Waals surface area contributed by atoms with Gasteiger partial charge in [0.05, 0.1) is 7.11 Å². The van der Waals surface area contributed by atoms with Gasteiger partial charge in [-0.05, 0) is 62.2 Å². The lowest BCUT2D eigenvalue weighted by Gasteiger charge is -2.36. The summed E-state index contributed by atoms with van der Waals surface area (Å²) in [4.78, 5) is 27.8. The number of hydrogen-bond acceptors (Lipinski definition) is 7. The van der Waals surface area contributed by atoms with Crippen LogP contribution in [-0.2, 0) is 14.9 Å². The van der Waals surface area contributed by atoms with Crippen molar-refractivity contribution < 1.29 is 28.5 Å². The van der Waals surface area contributed by atoms with Gasteiger partial charge in [0.25, 0.3) is 0 Å². The predicted octanol–water partition coefficient (Wildman–Crippen LogP) is 6.42. The molecule has 1 N–H and O–H groups in total. The number of pyridine rings is 1. The van der Waals surface area contributed by atoms with Gasteiger partial charge < -0.3 is 24.3 Å². The largest absolute Gasteiger partial charge is 0.490 e. The topological polar surface area (TPSA) is 96.0 Å². The highest BCUT2D eigenvalue weighted by Gasteiger charge is 2.33. The number of nitrogens with zero attached hydrogens (tertiary/aromatic N) is 1. The first-order valence-electron chi connectivity index (χ1n) is 13.0. The number of esters is 1. The molecule has 0 bridgehead atoms. The Morgan fingerprint density at radius 1 is 0.846 bits per heavy atom. The minimum absolute atomic E-state index is 0.0687. The molecule has 0 atom stereocenters. The van der Waals surface area contributed by atoms with Crippen LogP contribution in [0.1, 0.15) is 69.1 Å². The molecule has 1 aliphatic rings. The molecule has 2 aromatic carbocycles. The molecule has 0 radical (unpaired) electrons. The quantitative estimate of drug-likeness (QED) is 0.334. The highest BCUT2D eigenvalue weighted by atomic mass is 16.6. The second-order valence-electron chi connectivity index (χ2n) is 11.2. The lowest BCUT2D eigenvalue weighted by molar-refractivity contribution is 0.0362. The van der Waals surface area contributed by atoms with Crippen LogP contribution in [0, 0.1) is 0 Å². The zero-order chi connectivity index (χ0) is 28.2. The number of aromatic nitrogens is 1. The molecule has 1 heterocycles. The van der Waals surface area contributed by atoms with Gasteiger partial charge in [-0.2, -0.15) is 0 Å². The van der Waals surface area contributed by atoms with Crippen molar-refractivity contribution in [2.75, 3.05) is 7.11 Å². The first kappa shape index (κ1) is 28.0. The number of hydrogen-bond donors (Lipinski definition) is 1. The maximum absolute atomic E-state index is 11.9. The van der Waals surface area contributed by atoms with Crippen molar-refractivity contribution in [2.45, 2.75) is 70.6 Å². The first-order valence-corrected chi connectivity index (χ1v) is 13.0. The number of carbonyl (C=O) groups is 2. The van der Waals surface area contributed by atoms with E-state index in [1.807, 2.05) is 57.2 Å². The molecule has 3 aromatic rings. The molecule has 1 aromatic heterocycles. The summed E-state index contributed by atoms with van der Waals surface area (Å²) in [7, 11) is 1.32. The van der Waals surface area contributed by atoms with E-state index in [1.165, 1.54) is 7.11 Å². The number of nitrogens with one attached hydrogen (secondary N) is 1. The van der Waals surface area contributed by atoms with E-state index in [0.717, 1.165) is 29.7 Å². The molecule has 8 nitrogen and oxygen atoms in total. The summed E-state index contributed by atoms with van der Waals surface area (Å²) in [6, 6.07) is 21.0. The minimum Gasteiger partial charge on any atom is -0.490 e. The molecular formula is C31H36N2O6. The second-order valence-corrected chi connectivity index (χ2v) is 11.2. The lowest BCUT2D eigenvalue weighted by atomic mass is 9.78. The zero-order valence-electron chi connectivity index (χ0n) is 23.3. The Morgan fingerprint density at radius 3 is 2.00 bits per heavy atom. The van der Waals surface area contributed by atoms with Crippen LogP contribution in [0.3, 0.4) is 0 Å². The molecule has 1 aliphatic carbocycles. The Morgan fingerprint density at radius 2 is 1.44 bits per heavy atom. The van der Waals surface area contributed by atoms with E-state index in [-0.39, 0.29) is 29.3 Å². The fraction of sp³-hybridized carbons (Fsp3) is 0.387. The van der Waals surface area contributed by atoms with E-state index in [1.54, 1.807) is 18.2 Å². The summed E-state index contributed by atoms with van der Waals surface area (Å²) in [6.45, 7) is 9.88. The van der Waals surface area contributed by atoms with E-state index < -0.39 is 11.6 Å². The third kappa shape index (κ3) is 7.28. The molecule has 0 unspecified atom stereocenters. The van der Waals surface area contributed by atoms with Crippen molar-refractivity contribution in [1.82, 2.24) is 10.3 Å². The highest BCUT2D eigenvalue weighted by molar-refractivity contribution is 5.87. The molecular weight excluding hydrogens is 496 g/mol. The summed E-state index contributed by atoms with van der Waals surface area (Å²) in [5.41, 5.74) is 1.70. The molecule has 4 rings (SSSR count). The Bertz CT molecular complexity index is 1290. The fourth-order valence-corrected chi connectivity index (χ4v) is 4.31. The molecule has 0 aliphatic heterocycles. The monoisotopic (exact) mass is 532 g/mol. The molecule has 8 heteroatoms. The van der Waals surface area contributed by atoms with Crippen molar-refractivity contribution in [2.24, 2.45) is 0 Å². The van der Waals surface area contributed by atoms with Crippen LogP contribution in [0.15, 0.2) is 66.7 Å². The van der Waals surface area contributed by atoms with Gasteiger partial charge in [-0.3, -0.25) is 0 Å². The van der Waals surface area contributed by atoms with E-state index in [9.17, 15) is 9.59 Å². The van der Waals surface area contributed by atoms with Crippen LogP contribution in [-0.4, -0.2) is 41.9 Å². The number of benzene rings is 2. The Labute approximate surface area is 229 Å². The Hall–Kier alpha value is -4.07. The van der Waals surface area contributed by atoms with E-state index in [2.05, 4.69) is 36.3 Å². The molecule has 39 heavy (non-hydrogen) atoms. The van der Waals surface area contributed by atoms with Crippen molar-refractivity contribution in [3.05, 3.63) is 83.6 Å². The first-order chi connectivity index (χ1) is 18.4. The van der Waals surface area contributed by atoms with Crippen molar-refractivity contribution >= 4 is 12.1 Å². The van der Waals surface area contributed by atoms with Crippen molar-refractivity contribution in [3.63, 3.8) is 0 Å². The number of rotatable bonds is 8. The summed E-state index contributed by atoms with van der Waals surface area (Å²) in [6.07, 6.45) is 1.19. The fourth-order valence-electron chi connectivity index (χ4n) is 4.31. The van der Waals surface area contributed by atoms with Gasteiger partial charge in [0.1, 0.15) is 23.2 Å². The summed E-state index contributed by atoms with van der Waals surface area (Å²) in [5, 5.41) is 2.89. The third-order valence-corrected chi connectivity index (χ3v) is 6.61. The molecule has 1 amide bonds. The summed E-state index contributed by atoms with van der Waals surface area (Å²) >= 11 is 0. The highest BCUT2D eigenvalue weighted by Crippen LogP contribution is 2.35. The average molecular weight is 533 g/mol. The number of alkyl carbamates (subject to hydrolysis) is 1. The molecule has 1 fully saturated rings. The third-order valence-electron chi connectivity index (χ3n) is 6.61. The SMILES string of the molecule is COC(=O)c1cccc(Oc2ccc(C(C)(C)c3ccc(OC4CC(NC(=O)OC(C)(C)C)C4)cc3)cc2)n1. The van der Waals surface area contributed by atoms with Crippen LogP contribution in [0.25, 0.3) is 0 Å². The van der Waals surface area contributed by atoms with Crippen molar-refractivity contribution in [1.29, 1.82) is 0 Å². The minimum atomic E-state index is -0.513. The normalized spacial score (nSPS) is 17.0. The summed E-state index contributed by atoms with van der Waals surface area (Å²) in [5.74, 6) is 1.23. The molecule has 1 saturated carbocycles. The van der Waals surface area contributed by atoms with Crippen LogP contribution in [0.2, 0.25) is 0 Å². The number of carbonyl (C=O) groups excluding carboxylic acids is 2. The van der Waals surface area contributed by atoms with Gasteiger partial charge in [-0.1, -0.05) is 44.2 Å². The maximum Gasteiger partial charge on any atom is 0.407 e. The summed E-state index contributed by atoms with van der Waals surface area (Å²) < 4.78 is 22.0. The van der Waals surface area contributed by atoms with Crippen LogP contribution in [0.4, 0.5) is 4.79 Å². The number of methoxy groups -OCH3 is 1. The smallest absolute Gasteiger partial charge is 0.407 e. The zero-order valence-corrected chi connectivity index (χ0v) is 23.3. The van der Waals surface area contributed by atoms with Crippen LogP contribution in [0.5, 0.6) is 17.4 Å². The van der Waals surface area contributed by atoms with E-state index in [4.69, 9.17) is 18.9 Å². The Kier molecular flexibility index (Phi) is 8.14. The maximum atomic E-state index is 11.9. The average Bonchev–Trinajstić information content (AvgIpc) is 2.86. The van der Waals surface area contributed by atoms with Gasteiger partial charge >= 0.3 is 12.1 Å².